The molecule has 1 aromatic heterocycles. The molecule has 0 spiro atoms. The molecule has 1 aliphatic heterocycles. The van der Waals surface area contributed by atoms with Gasteiger partial charge in [0.15, 0.2) is 0 Å². The Morgan fingerprint density at radius 1 is 1.03 bits per heavy atom. The minimum absolute atomic E-state index is 0.0516. The second-order valence-corrected chi connectivity index (χ2v) is 10.1. The third kappa shape index (κ3) is 4.18. The number of rotatable bonds is 5. The molecule has 0 atom stereocenters. The molecule has 2 aromatic carbocycles. The van der Waals surface area contributed by atoms with Crippen LogP contribution in [0.5, 0.6) is 0 Å². The van der Waals surface area contributed by atoms with Crippen LogP contribution in [-0.4, -0.2) is 41.4 Å². The summed E-state index contributed by atoms with van der Waals surface area (Å²) in [4.78, 5) is 40.0. The van der Waals surface area contributed by atoms with Gasteiger partial charge in [0.2, 0.25) is 5.91 Å². The Morgan fingerprint density at radius 3 is 2.30 bits per heavy atom. The van der Waals surface area contributed by atoms with Crippen LogP contribution in [-0.2, 0) is 28.4 Å². The van der Waals surface area contributed by atoms with Crippen molar-refractivity contribution in [2.45, 2.75) is 38.1 Å². The molecule has 0 radical (unpaired) electrons. The number of nitrogens with zero attached hydrogens (tertiary/aromatic N) is 3. The van der Waals surface area contributed by atoms with E-state index in [9.17, 15) is 22.8 Å². The highest BCUT2D eigenvalue weighted by Crippen LogP contribution is 2.24. The third-order valence-corrected chi connectivity index (χ3v) is 7.45. The average Bonchev–Trinajstić information content (AvgIpc) is 3.32. The van der Waals surface area contributed by atoms with E-state index in [1.54, 1.807) is 30.9 Å². The highest BCUT2D eigenvalue weighted by Gasteiger charge is 2.23. The summed E-state index contributed by atoms with van der Waals surface area (Å²) in [6.45, 7) is 4.44. The quantitative estimate of drug-likeness (QED) is 0.611. The molecule has 174 valence electrons. The van der Waals surface area contributed by atoms with Crippen molar-refractivity contribution in [3.63, 3.8) is 0 Å². The number of fused-ring (bicyclic) bond motifs is 1. The Labute approximate surface area is 191 Å². The number of hydrogen-bond donors (Lipinski definition) is 1. The lowest BCUT2D eigenvalue weighted by molar-refractivity contribution is -0.130. The summed E-state index contributed by atoms with van der Waals surface area (Å²) in [5.41, 5.74) is 0.996. The number of hydrogen-bond acceptors (Lipinski definition) is 5. The molecule has 1 aliphatic rings. The van der Waals surface area contributed by atoms with Gasteiger partial charge < -0.3 is 4.90 Å². The minimum atomic E-state index is -4.00. The summed E-state index contributed by atoms with van der Waals surface area (Å²) in [5, 5.41) is 0.0516. The number of likely N-dealkylation sites (tertiary alicyclic amines) is 1. The lowest BCUT2D eigenvalue weighted by Crippen LogP contribution is -2.43. The molecule has 2 heterocycles. The zero-order valence-electron chi connectivity index (χ0n) is 18.8. The van der Waals surface area contributed by atoms with Crippen molar-refractivity contribution >= 4 is 32.5 Å². The summed E-state index contributed by atoms with van der Waals surface area (Å²) in [7, 11) is -2.51. The largest absolute Gasteiger partial charge is 0.341 e. The van der Waals surface area contributed by atoms with Crippen molar-refractivity contribution < 1.29 is 13.2 Å². The molecular weight excluding hydrogens is 444 g/mol. The fraction of sp³-hybridized carbons (Fsp3) is 0.348. The van der Waals surface area contributed by atoms with Crippen molar-refractivity contribution in [1.82, 2.24) is 14.0 Å². The maximum absolute atomic E-state index is 13.2. The lowest BCUT2D eigenvalue weighted by atomic mass is 10.1. The van der Waals surface area contributed by atoms with Crippen molar-refractivity contribution in [2.24, 2.45) is 7.05 Å². The third-order valence-electron chi connectivity index (χ3n) is 6.10. The fourth-order valence-corrected chi connectivity index (χ4v) is 5.40. The summed E-state index contributed by atoms with van der Waals surface area (Å²) in [6, 6.07) is 9.49. The summed E-state index contributed by atoms with van der Waals surface area (Å²) < 4.78 is 30.9. The molecule has 1 saturated heterocycles. The minimum Gasteiger partial charge on any atom is -0.341 e. The Bertz CT molecular complexity index is 1460. The molecule has 1 fully saturated rings. The fourth-order valence-electron chi connectivity index (χ4n) is 4.17. The molecule has 9 nitrogen and oxygen atoms in total. The maximum atomic E-state index is 13.2. The van der Waals surface area contributed by atoms with Gasteiger partial charge in [-0.2, -0.15) is 0 Å². The molecular formula is C23H26N4O5S. The van der Waals surface area contributed by atoms with Crippen LogP contribution < -0.4 is 16.0 Å². The van der Waals surface area contributed by atoms with E-state index in [2.05, 4.69) is 4.72 Å². The van der Waals surface area contributed by atoms with Crippen LogP contribution in [0.25, 0.3) is 10.9 Å². The van der Waals surface area contributed by atoms with Crippen molar-refractivity contribution in [1.29, 1.82) is 0 Å². The lowest BCUT2D eigenvalue weighted by Gasteiger charge is -2.17. The molecule has 0 bridgehead atoms. The van der Waals surface area contributed by atoms with Gasteiger partial charge in [0, 0.05) is 20.1 Å². The number of aryl methyl sites for hydroxylation is 3. The van der Waals surface area contributed by atoms with Crippen LogP contribution in [0.2, 0.25) is 0 Å². The van der Waals surface area contributed by atoms with E-state index in [-0.39, 0.29) is 22.7 Å². The van der Waals surface area contributed by atoms with E-state index in [4.69, 9.17) is 0 Å². The Hall–Kier alpha value is -3.40. The van der Waals surface area contributed by atoms with E-state index in [1.165, 1.54) is 29.8 Å². The van der Waals surface area contributed by atoms with E-state index in [0.29, 0.717) is 24.3 Å². The molecule has 10 heteroatoms. The number of amides is 1. The number of para-hydroxylation sites is 1. The number of benzene rings is 2. The van der Waals surface area contributed by atoms with E-state index in [1.807, 2.05) is 6.07 Å². The number of sulfonamides is 1. The van der Waals surface area contributed by atoms with Crippen LogP contribution in [0.3, 0.4) is 0 Å². The van der Waals surface area contributed by atoms with E-state index < -0.39 is 21.3 Å². The van der Waals surface area contributed by atoms with Crippen LogP contribution in [0.1, 0.15) is 24.0 Å². The monoisotopic (exact) mass is 470 g/mol. The maximum Gasteiger partial charge on any atom is 0.331 e. The Balaban J connectivity index is 1.78. The molecule has 33 heavy (non-hydrogen) atoms. The molecule has 0 saturated carbocycles. The number of nitrogens with one attached hydrogen (secondary N) is 1. The highest BCUT2D eigenvalue weighted by atomic mass is 32.2. The zero-order chi connectivity index (χ0) is 23.9. The smallest absolute Gasteiger partial charge is 0.331 e. The Kier molecular flexibility index (Phi) is 5.87. The predicted molar refractivity (Wildman–Crippen MR) is 126 cm³/mol. The molecule has 0 aliphatic carbocycles. The van der Waals surface area contributed by atoms with Gasteiger partial charge in [-0.3, -0.25) is 23.4 Å². The summed E-state index contributed by atoms with van der Waals surface area (Å²) in [5.74, 6) is -0.300. The SMILES string of the molecule is Cc1cccc(C)c1NS(=O)(=O)c1ccc2c(c1)c(=O)n(CC(=O)N1CCCC1)c(=O)n2C. The van der Waals surface area contributed by atoms with Gasteiger partial charge in [-0.1, -0.05) is 18.2 Å². The van der Waals surface area contributed by atoms with Gasteiger partial charge in [-0.15, -0.1) is 0 Å². The van der Waals surface area contributed by atoms with Gasteiger partial charge in [-0.25, -0.2) is 13.2 Å². The van der Waals surface area contributed by atoms with Crippen molar-refractivity contribution in [3.05, 3.63) is 68.4 Å². The molecule has 1 amide bonds. The first-order valence-electron chi connectivity index (χ1n) is 10.7. The van der Waals surface area contributed by atoms with Crippen LogP contribution in [0, 0.1) is 13.8 Å². The van der Waals surface area contributed by atoms with Gasteiger partial charge in [0.05, 0.1) is 21.5 Å². The number of anilines is 1. The van der Waals surface area contributed by atoms with Crippen molar-refractivity contribution in [3.8, 4) is 0 Å². The van der Waals surface area contributed by atoms with Crippen molar-refractivity contribution in [2.75, 3.05) is 17.8 Å². The van der Waals surface area contributed by atoms with Crippen LogP contribution >= 0.6 is 0 Å². The number of aromatic nitrogens is 2. The highest BCUT2D eigenvalue weighted by molar-refractivity contribution is 7.92. The normalized spacial score (nSPS) is 14.1. The van der Waals surface area contributed by atoms with Gasteiger partial charge in [-0.05, 0) is 56.0 Å². The average molecular weight is 471 g/mol. The van der Waals surface area contributed by atoms with Gasteiger partial charge >= 0.3 is 5.69 Å². The Morgan fingerprint density at radius 2 is 1.67 bits per heavy atom. The van der Waals surface area contributed by atoms with Crippen LogP contribution in [0.15, 0.2) is 50.9 Å². The summed E-state index contributed by atoms with van der Waals surface area (Å²) >= 11 is 0. The topological polar surface area (TPSA) is 110 Å². The molecule has 4 rings (SSSR count). The standard InChI is InChI=1S/C23H26N4O5S/c1-15-7-6-8-16(2)21(15)24-33(31,32)17-9-10-19-18(13-17)22(29)27(23(30)25(19)3)14-20(28)26-11-4-5-12-26/h6-10,13,24H,4-5,11-12,14H2,1-3H3. The first kappa shape index (κ1) is 22.8. The molecule has 3 aromatic rings. The zero-order valence-corrected chi connectivity index (χ0v) is 19.6. The van der Waals surface area contributed by atoms with Gasteiger partial charge in [0.1, 0.15) is 6.54 Å². The molecule has 1 N–H and O–H groups in total. The van der Waals surface area contributed by atoms with E-state index in [0.717, 1.165) is 28.5 Å². The number of carbonyl (C=O) groups excluding carboxylic acids is 1. The second kappa shape index (κ2) is 8.51. The van der Waals surface area contributed by atoms with Crippen LogP contribution in [0.4, 0.5) is 5.69 Å². The number of carbonyl (C=O) groups is 1. The first-order chi connectivity index (χ1) is 15.6. The predicted octanol–water partition coefficient (Wildman–Crippen LogP) is 1.74. The molecule has 0 unspecified atom stereocenters. The van der Waals surface area contributed by atoms with Gasteiger partial charge in [0.25, 0.3) is 15.6 Å². The van der Waals surface area contributed by atoms with E-state index >= 15 is 0 Å². The second-order valence-electron chi connectivity index (χ2n) is 8.37. The summed E-state index contributed by atoms with van der Waals surface area (Å²) in [6.07, 6.45) is 1.79. The first-order valence-corrected chi connectivity index (χ1v) is 12.2.